The molecule has 0 aromatic heterocycles. The largest absolute Gasteiger partial charge is 0.508 e. The number of nitrogens with one attached hydrogen (secondary N) is 9. The SMILES string of the molecule is CC(=O)N[C@@H](CC(=O)O)C(=O)N[C@@H](CCCN=C(N)N)C(=O)N[C@@H](CO)C(=O)N[C@@H](CCC(=O)O)C(=O)N1CCC[C@H]1C(=O)N[C@@H](Cc1ccc(O)cc1)C(=O)N[C@@H](CO)C(=O)N[C@@H](CO)C(=O)N[C@H](C(=O)N[C@@H](C)C(N)=O)[C@@H](C)O. The maximum absolute atomic E-state index is 14.3. The molecule has 1 saturated heterocycles. The van der Waals surface area contributed by atoms with E-state index in [2.05, 4.69) is 52.8 Å². The van der Waals surface area contributed by atoms with Crippen molar-refractivity contribution in [2.45, 2.75) is 139 Å². The van der Waals surface area contributed by atoms with Gasteiger partial charge in [-0.3, -0.25) is 67.3 Å². The van der Waals surface area contributed by atoms with E-state index in [1.807, 2.05) is 0 Å². The molecule has 0 saturated carbocycles. The molecule has 1 aromatic carbocycles. The molecule has 34 heteroatoms. The van der Waals surface area contributed by atoms with Crippen molar-refractivity contribution in [1.82, 2.24) is 52.8 Å². The Bertz CT molecular complexity index is 2440. The van der Waals surface area contributed by atoms with Gasteiger partial charge in [-0.25, -0.2) is 0 Å². The summed E-state index contributed by atoms with van der Waals surface area (Å²) in [6.45, 7) is -0.344. The van der Waals surface area contributed by atoms with Gasteiger partial charge in [0, 0.05) is 32.9 Å². The van der Waals surface area contributed by atoms with Crippen LogP contribution in [0.1, 0.15) is 71.3 Å². The van der Waals surface area contributed by atoms with Crippen LogP contribution in [0.25, 0.3) is 0 Å². The number of primary amides is 1. The lowest BCUT2D eigenvalue weighted by molar-refractivity contribution is -0.144. The zero-order chi connectivity index (χ0) is 61.3. The molecule has 1 aliphatic rings. The highest BCUT2D eigenvalue weighted by molar-refractivity contribution is 5.99. The van der Waals surface area contributed by atoms with Gasteiger partial charge in [0.05, 0.1) is 32.3 Å². The van der Waals surface area contributed by atoms with Crippen LogP contribution < -0.4 is 65.1 Å². The summed E-state index contributed by atoms with van der Waals surface area (Å²) < 4.78 is 0. The highest BCUT2D eigenvalue weighted by atomic mass is 16.4. The summed E-state index contributed by atoms with van der Waals surface area (Å²) in [6.07, 6.45) is -4.41. The molecule has 34 nitrogen and oxygen atoms in total. The van der Waals surface area contributed by atoms with Crippen molar-refractivity contribution in [2.75, 3.05) is 32.9 Å². The zero-order valence-electron chi connectivity index (χ0n) is 44.4. The van der Waals surface area contributed by atoms with Gasteiger partial charge in [0.15, 0.2) is 5.96 Å². The Morgan fingerprint density at radius 1 is 0.617 bits per heavy atom. The van der Waals surface area contributed by atoms with Crippen molar-refractivity contribution in [1.29, 1.82) is 0 Å². The summed E-state index contributed by atoms with van der Waals surface area (Å²) in [6, 6.07) is -11.5. The lowest BCUT2D eigenvalue weighted by Crippen LogP contribution is -2.62. The van der Waals surface area contributed by atoms with E-state index in [1.165, 1.54) is 31.2 Å². The topological polar surface area (TPSA) is 565 Å². The van der Waals surface area contributed by atoms with Gasteiger partial charge in [-0.1, -0.05) is 12.1 Å². The standard InChI is InChI=1S/C47H72N14O20/c1-21(37(48)72)52-45(80)36(22(2)65)60-43(78)32(20-64)59-42(77)31(19-63)58-39(74)28(16-24-8-10-25(67)11-9-24)56-44(79)33-7-5-15-61(33)46(81)27(12-13-34(68)69)55-41(76)30(18-62)57-38(73)26(6-4-14-51-47(49)50)54-40(75)29(17-35(70)71)53-23(3)66/h8-11,21-22,26-33,36,62-65,67H,4-7,12-20H2,1-3H3,(H2,48,72)(H,52,80)(H,53,66)(H,54,75)(H,55,76)(H,56,79)(H,57,73)(H,58,74)(H,59,77)(H,60,78)(H,68,69)(H,70,71)(H4,49,50,51)/t21-,22+,26-,27-,28-,29-,30-,31-,32-,33-,36-/m0/s1. The molecule has 1 aromatic rings. The third kappa shape index (κ3) is 23.2. The minimum Gasteiger partial charge on any atom is -0.508 e. The number of amides is 11. The lowest BCUT2D eigenvalue weighted by atomic mass is 10.0. The molecule has 11 amide bonds. The molecular weight excluding hydrogens is 1080 g/mol. The average molecular weight is 1150 g/mol. The summed E-state index contributed by atoms with van der Waals surface area (Å²) in [5.74, 6) is -15.4. The molecule has 2 rings (SSSR count). The van der Waals surface area contributed by atoms with Crippen LogP contribution in [0.2, 0.25) is 0 Å². The number of rotatable bonds is 34. The molecule has 450 valence electrons. The minimum absolute atomic E-state index is 0.00287. The van der Waals surface area contributed by atoms with Crippen LogP contribution in [0.3, 0.4) is 0 Å². The van der Waals surface area contributed by atoms with Crippen LogP contribution in [0, 0.1) is 0 Å². The van der Waals surface area contributed by atoms with E-state index in [-0.39, 0.29) is 56.9 Å². The van der Waals surface area contributed by atoms with Crippen molar-refractivity contribution in [3.63, 3.8) is 0 Å². The summed E-state index contributed by atoms with van der Waals surface area (Å²) >= 11 is 0. The number of carboxylic acid groups (broad SMARTS) is 2. The maximum atomic E-state index is 14.3. The van der Waals surface area contributed by atoms with Crippen molar-refractivity contribution in [3.05, 3.63) is 29.8 Å². The number of phenolic OH excluding ortho intramolecular Hbond substituents is 1. The third-order valence-electron chi connectivity index (χ3n) is 12.1. The van der Waals surface area contributed by atoms with Gasteiger partial charge in [0.2, 0.25) is 65.0 Å². The highest BCUT2D eigenvalue weighted by Crippen LogP contribution is 2.21. The summed E-state index contributed by atoms with van der Waals surface area (Å²) in [5.41, 5.74) is 16.2. The van der Waals surface area contributed by atoms with Gasteiger partial charge in [-0.05, 0) is 63.6 Å². The number of aromatic hydroxyl groups is 1. The van der Waals surface area contributed by atoms with Crippen LogP contribution in [0.15, 0.2) is 29.3 Å². The van der Waals surface area contributed by atoms with Crippen molar-refractivity contribution < 1.29 is 98.1 Å². The molecule has 0 spiro atoms. The number of likely N-dealkylation sites (tertiary alicyclic amines) is 1. The number of aliphatic hydroxyl groups is 4. The van der Waals surface area contributed by atoms with Gasteiger partial charge < -0.3 is 106 Å². The van der Waals surface area contributed by atoms with Gasteiger partial charge in [0.25, 0.3) is 0 Å². The molecule has 81 heavy (non-hydrogen) atoms. The summed E-state index contributed by atoms with van der Waals surface area (Å²) in [4.78, 5) is 173. The van der Waals surface area contributed by atoms with E-state index in [1.54, 1.807) is 0 Å². The first-order chi connectivity index (χ1) is 38.0. The fourth-order valence-corrected chi connectivity index (χ4v) is 7.75. The number of aliphatic hydroxyl groups excluding tert-OH is 4. The molecule has 1 heterocycles. The van der Waals surface area contributed by atoms with Crippen molar-refractivity contribution in [2.24, 2.45) is 22.2 Å². The Kier molecular flexibility index (Phi) is 28.4. The number of hydrogen-bond donors (Lipinski definition) is 19. The second kappa shape index (κ2) is 33.6. The molecule has 0 radical (unpaired) electrons. The number of nitrogens with zero attached hydrogens (tertiary/aromatic N) is 2. The number of hydrogen-bond acceptors (Lipinski definition) is 19. The quantitative estimate of drug-likeness (QED) is 0.0173. The van der Waals surface area contributed by atoms with E-state index >= 15 is 0 Å². The third-order valence-corrected chi connectivity index (χ3v) is 12.1. The number of aliphatic carboxylic acids is 2. The van der Waals surface area contributed by atoms with Gasteiger partial charge in [0.1, 0.15) is 66.2 Å². The number of carboxylic acids is 2. The molecule has 0 aliphatic carbocycles. The first-order valence-corrected chi connectivity index (χ1v) is 25.1. The van der Waals surface area contributed by atoms with Gasteiger partial charge in [-0.15, -0.1) is 0 Å². The van der Waals surface area contributed by atoms with E-state index in [4.69, 9.17) is 17.2 Å². The molecule has 0 unspecified atom stereocenters. The maximum Gasteiger partial charge on any atom is 0.305 e. The van der Waals surface area contributed by atoms with E-state index in [0.29, 0.717) is 5.56 Å². The smallest absolute Gasteiger partial charge is 0.305 e. The second-order valence-electron chi connectivity index (χ2n) is 18.6. The fraction of sp³-hybridized carbons (Fsp3) is 0.574. The Labute approximate surface area is 462 Å². The summed E-state index contributed by atoms with van der Waals surface area (Å²) in [7, 11) is 0. The highest BCUT2D eigenvalue weighted by Gasteiger charge is 2.41. The monoisotopic (exact) mass is 1150 g/mol. The Morgan fingerprint density at radius 3 is 1.59 bits per heavy atom. The van der Waals surface area contributed by atoms with Gasteiger partial charge in [-0.2, -0.15) is 0 Å². The second-order valence-corrected chi connectivity index (χ2v) is 18.6. The molecule has 22 N–H and O–H groups in total. The Morgan fingerprint density at radius 2 is 1.11 bits per heavy atom. The van der Waals surface area contributed by atoms with Crippen LogP contribution in [-0.4, -0.2) is 223 Å². The Balaban J connectivity index is 2.40. The van der Waals surface area contributed by atoms with Crippen molar-refractivity contribution >= 4 is 82.9 Å². The predicted molar refractivity (Wildman–Crippen MR) is 276 cm³/mol. The first kappa shape index (κ1) is 68.3. The molecule has 1 fully saturated rings. The minimum atomic E-state index is -1.91. The summed E-state index contributed by atoms with van der Waals surface area (Å²) in [5, 5.41) is 89.4. The average Bonchev–Trinajstić information content (AvgIpc) is 3.97. The molecule has 0 bridgehead atoms. The lowest BCUT2D eigenvalue weighted by Gasteiger charge is -2.31. The van der Waals surface area contributed by atoms with Crippen LogP contribution >= 0.6 is 0 Å². The van der Waals surface area contributed by atoms with Crippen LogP contribution in [-0.2, 0) is 68.7 Å². The van der Waals surface area contributed by atoms with Crippen molar-refractivity contribution in [3.8, 4) is 5.75 Å². The number of carbonyl (C=O) groups is 13. The first-order valence-electron chi connectivity index (χ1n) is 25.1. The number of phenols is 1. The van der Waals surface area contributed by atoms with Crippen LogP contribution in [0.5, 0.6) is 5.75 Å². The molecular formula is C47H72N14O20. The normalized spacial score (nSPS) is 16.5. The number of aliphatic imine (C=N–C) groups is 1. The van der Waals surface area contributed by atoms with E-state index in [9.17, 15) is 98.1 Å². The number of benzene rings is 1. The van der Waals surface area contributed by atoms with Gasteiger partial charge >= 0.3 is 11.9 Å². The molecule has 11 atom stereocenters. The fourth-order valence-electron chi connectivity index (χ4n) is 7.75. The number of guanidine groups is 1. The Hall–Kier alpha value is -8.76. The number of nitrogens with two attached hydrogens (primary N) is 3. The van der Waals surface area contributed by atoms with Crippen LogP contribution in [0.4, 0.5) is 0 Å². The predicted octanol–water partition coefficient (Wildman–Crippen LogP) is -9.44. The zero-order valence-corrected chi connectivity index (χ0v) is 44.4. The number of carbonyl (C=O) groups excluding carboxylic acids is 11. The van der Waals surface area contributed by atoms with E-state index < -0.39 is 183 Å². The van der Waals surface area contributed by atoms with E-state index in [0.717, 1.165) is 18.7 Å². The molecule has 1 aliphatic heterocycles.